The molecule has 9 atom stereocenters. The first kappa shape index (κ1) is 28.0. The van der Waals surface area contributed by atoms with Crippen molar-refractivity contribution in [1.29, 1.82) is 0 Å². The summed E-state index contributed by atoms with van der Waals surface area (Å²) in [5, 5.41) is 68.5. The standard InChI is InChI=1S/C30H44O8/c1-2-6-19-7-11-23(12-8-19)37-27-30(36)22(18-28(34)14-4-3-5-15-28)17-21-10-9-20(13-16-31)24(32)25(38-27)29(21,35)26(30)33/h2,7-8,11-12,20-22,24-27,31-36H,1,3-6,9-10,13-18H2/t20-,21+,22-,24-,25-,26+,27-,29-,30+/m1/s1. The minimum absolute atomic E-state index is 0.114. The van der Waals surface area contributed by atoms with Crippen LogP contribution in [0.15, 0.2) is 36.9 Å². The molecule has 212 valence electrons. The van der Waals surface area contributed by atoms with Gasteiger partial charge in [0.05, 0.1) is 11.7 Å². The minimum Gasteiger partial charge on any atom is -0.462 e. The summed E-state index contributed by atoms with van der Waals surface area (Å²) in [4.78, 5) is 0. The van der Waals surface area contributed by atoms with Gasteiger partial charge in [0.1, 0.15) is 23.6 Å². The summed E-state index contributed by atoms with van der Waals surface area (Å²) >= 11 is 0. The molecule has 1 aromatic carbocycles. The molecule has 0 unspecified atom stereocenters. The molecule has 0 spiro atoms. The van der Waals surface area contributed by atoms with E-state index in [1.807, 2.05) is 12.1 Å². The zero-order valence-corrected chi connectivity index (χ0v) is 22.1. The van der Waals surface area contributed by atoms with E-state index >= 15 is 0 Å². The fraction of sp³-hybridized carbons (Fsp3) is 0.733. The molecule has 8 heteroatoms. The highest BCUT2D eigenvalue weighted by molar-refractivity contribution is 5.29. The third-order valence-corrected chi connectivity index (χ3v) is 9.99. The smallest absolute Gasteiger partial charge is 0.232 e. The molecule has 8 nitrogen and oxygen atoms in total. The van der Waals surface area contributed by atoms with Gasteiger partial charge in [0.15, 0.2) is 5.60 Å². The van der Waals surface area contributed by atoms with Crippen molar-refractivity contribution in [1.82, 2.24) is 0 Å². The van der Waals surface area contributed by atoms with Gasteiger partial charge in [-0.15, -0.1) is 6.58 Å². The number of ether oxygens (including phenoxy) is 2. The Morgan fingerprint density at radius 2 is 1.71 bits per heavy atom. The van der Waals surface area contributed by atoms with E-state index in [-0.39, 0.29) is 18.9 Å². The molecular weight excluding hydrogens is 488 g/mol. The second kappa shape index (κ2) is 10.8. The summed E-state index contributed by atoms with van der Waals surface area (Å²) in [5.74, 6) is -0.958. The first-order chi connectivity index (χ1) is 18.2. The monoisotopic (exact) mass is 532 g/mol. The Morgan fingerprint density at radius 1 is 1.00 bits per heavy atom. The molecule has 3 saturated carbocycles. The third kappa shape index (κ3) is 4.72. The molecule has 6 N–H and O–H groups in total. The summed E-state index contributed by atoms with van der Waals surface area (Å²) < 4.78 is 12.5. The molecule has 38 heavy (non-hydrogen) atoms. The van der Waals surface area contributed by atoms with Gasteiger partial charge >= 0.3 is 0 Å². The first-order valence-corrected chi connectivity index (χ1v) is 14.3. The number of hydrogen-bond acceptors (Lipinski definition) is 8. The van der Waals surface area contributed by atoms with Crippen LogP contribution in [0.4, 0.5) is 0 Å². The van der Waals surface area contributed by atoms with Gasteiger partial charge in [-0.2, -0.15) is 0 Å². The van der Waals surface area contributed by atoms with E-state index in [0.29, 0.717) is 50.7 Å². The van der Waals surface area contributed by atoms with E-state index in [2.05, 4.69) is 6.58 Å². The predicted octanol–water partition coefficient (Wildman–Crippen LogP) is 2.22. The Hall–Kier alpha value is -1.52. The van der Waals surface area contributed by atoms with Gasteiger partial charge in [0.2, 0.25) is 6.29 Å². The van der Waals surface area contributed by atoms with E-state index in [9.17, 15) is 30.6 Å². The van der Waals surface area contributed by atoms with E-state index in [1.54, 1.807) is 18.2 Å². The van der Waals surface area contributed by atoms with Crippen LogP contribution in [0.25, 0.3) is 0 Å². The molecule has 0 aromatic heterocycles. The fourth-order valence-electron chi connectivity index (χ4n) is 7.85. The van der Waals surface area contributed by atoms with Gasteiger partial charge in [0.25, 0.3) is 0 Å². The van der Waals surface area contributed by atoms with Crippen molar-refractivity contribution in [2.45, 2.75) is 112 Å². The molecule has 0 radical (unpaired) electrons. The maximum atomic E-state index is 12.3. The number of allylic oxidation sites excluding steroid dienone is 1. The molecular formula is C30H44O8. The molecule has 0 amide bonds. The van der Waals surface area contributed by atoms with Gasteiger partial charge in [-0.25, -0.2) is 0 Å². The first-order valence-electron chi connectivity index (χ1n) is 14.3. The van der Waals surface area contributed by atoms with Gasteiger partial charge in [-0.05, 0) is 86.8 Å². The molecule has 1 heterocycles. The lowest BCUT2D eigenvalue weighted by molar-refractivity contribution is -0.399. The Morgan fingerprint density at radius 3 is 2.37 bits per heavy atom. The Bertz CT molecular complexity index is 962. The van der Waals surface area contributed by atoms with Crippen LogP contribution in [0.2, 0.25) is 0 Å². The van der Waals surface area contributed by atoms with Crippen molar-refractivity contribution < 1.29 is 40.1 Å². The molecule has 4 fully saturated rings. The van der Waals surface area contributed by atoms with Crippen molar-refractivity contribution in [2.24, 2.45) is 17.8 Å². The second-order valence-corrected chi connectivity index (χ2v) is 12.3. The highest BCUT2D eigenvalue weighted by atomic mass is 16.7. The quantitative estimate of drug-likeness (QED) is 0.280. The number of rotatable bonds is 8. The van der Waals surface area contributed by atoms with Gasteiger partial charge < -0.3 is 40.1 Å². The summed E-state index contributed by atoms with van der Waals surface area (Å²) in [6.45, 7) is 3.65. The average molecular weight is 533 g/mol. The average Bonchev–Trinajstić information content (AvgIpc) is 3.00. The zero-order chi connectivity index (χ0) is 27.1. The second-order valence-electron chi connectivity index (χ2n) is 12.3. The maximum absolute atomic E-state index is 12.3. The topological polar surface area (TPSA) is 140 Å². The summed E-state index contributed by atoms with van der Waals surface area (Å²) in [6, 6.07) is 7.28. The van der Waals surface area contributed by atoms with Gasteiger partial charge in [-0.3, -0.25) is 0 Å². The van der Waals surface area contributed by atoms with Crippen LogP contribution in [0.3, 0.4) is 0 Å². The van der Waals surface area contributed by atoms with Crippen LogP contribution in [0, 0.1) is 17.8 Å². The van der Waals surface area contributed by atoms with Crippen LogP contribution >= 0.6 is 0 Å². The number of aliphatic hydroxyl groups excluding tert-OH is 3. The van der Waals surface area contributed by atoms with Crippen LogP contribution in [0.5, 0.6) is 5.75 Å². The Labute approximate surface area is 224 Å². The number of aliphatic hydroxyl groups is 6. The van der Waals surface area contributed by atoms with Crippen molar-refractivity contribution in [3.05, 3.63) is 42.5 Å². The summed E-state index contributed by atoms with van der Waals surface area (Å²) in [7, 11) is 0. The van der Waals surface area contributed by atoms with E-state index in [0.717, 1.165) is 24.8 Å². The van der Waals surface area contributed by atoms with Gasteiger partial charge in [-0.1, -0.05) is 37.5 Å². The van der Waals surface area contributed by atoms with E-state index in [1.165, 1.54) is 0 Å². The molecule has 4 aliphatic rings. The van der Waals surface area contributed by atoms with Crippen LogP contribution < -0.4 is 4.74 Å². The van der Waals surface area contributed by atoms with Crippen molar-refractivity contribution in [2.75, 3.05) is 6.61 Å². The lowest BCUT2D eigenvalue weighted by Gasteiger charge is -2.63. The number of benzene rings is 1. The molecule has 1 saturated heterocycles. The molecule has 1 aliphatic heterocycles. The Balaban J connectivity index is 1.52. The molecule has 2 bridgehead atoms. The fourth-order valence-corrected chi connectivity index (χ4v) is 7.85. The Kier molecular flexibility index (Phi) is 7.97. The van der Waals surface area contributed by atoms with E-state index < -0.39 is 53.2 Å². The van der Waals surface area contributed by atoms with E-state index in [4.69, 9.17) is 9.47 Å². The number of hydrogen-bond donors (Lipinski definition) is 6. The van der Waals surface area contributed by atoms with Crippen LogP contribution in [-0.4, -0.2) is 78.7 Å². The van der Waals surface area contributed by atoms with Crippen molar-refractivity contribution >= 4 is 0 Å². The molecule has 1 aromatic rings. The molecule has 3 aliphatic carbocycles. The SMILES string of the molecule is C=CCc1ccc(O[C@@H]2O[C@@H]3[C@H](O)[C@@H](CCO)CC[C@H]4C[C@H](CC5(O)CCCCC5)[C@]2(O)[C@@H](O)[C@@]43O)cc1. The third-order valence-electron chi connectivity index (χ3n) is 9.99. The maximum Gasteiger partial charge on any atom is 0.232 e. The van der Waals surface area contributed by atoms with Crippen molar-refractivity contribution in [3.63, 3.8) is 0 Å². The number of fused-ring (bicyclic) bond motifs is 1. The van der Waals surface area contributed by atoms with Crippen LogP contribution in [0.1, 0.15) is 69.8 Å². The minimum atomic E-state index is -2.01. The highest BCUT2D eigenvalue weighted by Crippen LogP contribution is 2.58. The van der Waals surface area contributed by atoms with Gasteiger partial charge in [0, 0.05) is 6.61 Å². The normalized spacial score (nSPS) is 42.2. The largest absolute Gasteiger partial charge is 0.462 e. The highest BCUT2D eigenvalue weighted by Gasteiger charge is 2.73. The van der Waals surface area contributed by atoms with Crippen molar-refractivity contribution in [3.8, 4) is 5.75 Å². The lowest BCUT2D eigenvalue weighted by Crippen LogP contribution is -2.81. The summed E-state index contributed by atoms with van der Waals surface area (Å²) in [6.07, 6.45) is 3.25. The molecule has 5 rings (SSSR count). The summed E-state index contributed by atoms with van der Waals surface area (Å²) in [5.41, 5.74) is -3.83. The zero-order valence-electron chi connectivity index (χ0n) is 22.1. The van der Waals surface area contributed by atoms with Crippen LogP contribution in [-0.2, 0) is 11.2 Å². The lowest BCUT2D eigenvalue weighted by atomic mass is 9.55. The predicted molar refractivity (Wildman–Crippen MR) is 140 cm³/mol.